The molecule has 0 fully saturated rings. The second-order valence-electron chi connectivity index (χ2n) is 20.5. The van der Waals surface area contributed by atoms with Crippen LogP contribution in [0.2, 0.25) is 0 Å². The third kappa shape index (κ3) is 45.5. The van der Waals surface area contributed by atoms with Crippen LogP contribution in [0.25, 0.3) is 0 Å². The molecule has 8 heteroatoms. The first kappa shape index (κ1) is 62.3. The molecule has 8 nitrogen and oxygen atoms in total. The molecule has 0 aromatic rings. The molecule has 2 unspecified atom stereocenters. The Morgan fingerprint density at radius 1 is 0.406 bits per heavy atom. The molecule has 0 aliphatic heterocycles. The van der Waals surface area contributed by atoms with Crippen LogP contribution >= 0.6 is 0 Å². The number of ether oxygens (including phenoxy) is 3. The minimum absolute atomic E-state index is 0.0501. The van der Waals surface area contributed by atoms with Crippen molar-refractivity contribution < 1.29 is 38.2 Å². The van der Waals surface area contributed by atoms with Crippen molar-refractivity contribution in [3.8, 4) is 0 Å². The van der Waals surface area contributed by atoms with Gasteiger partial charge in [-0.3, -0.25) is 9.59 Å². The van der Waals surface area contributed by atoms with Crippen molar-refractivity contribution in [2.75, 3.05) is 41.0 Å². The molecule has 0 aromatic heterocycles. The third-order valence-corrected chi connectivity index (χ3v) is 13.2. The first-order valence-electron chi connectivity index (χ1n) is 28.1. The van der Waals surface area contributed by atoms with Crippen molar-refractivity contribution in [1.29, 1.82) is 0 Å². The number of hydrogen-bond acceptors (Lipinski definition) is 7. The van der Waals surface area contributed by atoms with Gasteiger partial charge in [0.2, 0.25) is 0 Å². The lowest BCUT2D eigenvalue weighted by molar-refractivity contribution is -0.889. The molecule has 0 heterocycles. The molecular weight excluding hydrogens is 799 g/mol. The van der Waals surface area contributed by atoms with Gasteiger partial charge in [-0.2, -0.15) is 0 Å². The SMILES string of the molecule is CCCCCCCCCCCCCCCCCCCCCCCC(=O)OC(COCCC(C(=O)[O-])[N+](C)(C)C)COC(=O)CCCCCCCCCCCCCCCCCCCCC. The minimum atomic E-state index is -1.12. The van der Waals surface area contributed by atoms with E-state index < -0.39 is 18.1 Å². The number of unbranched alkanes of at least 4 members (excludes halogenated alkanes) is 38. The summed E-state index contributed by atoms with van der Waals surface area (Å²) in [4.78, 5) is 37.1. The largest absolute Gasteiger partial charge is 0.544 e. The molecule has 380 valence electrons. The number of nitrogens with zero attached hydrogens (tertiary/aromatic N) is 1. The monoisotopic (exact) mass is 908 g/mol. The topological polar surface area (TPSA) is 102 Å². The lowest BCUT2D eigenvalue weighted by Gasteiger charge is -2.34. The number of hydrogen-bond donors (Lipinski definition) is 0. The fourth-order valence-corrected chi connectivity index (χ4v) is 8.90. The number of quaternary nitrogens is 1. The lowest BCUT2D eigenvalue weighted by atomic mass is 10.0. The summed E-state index contributed by atoms with van der Waals surface area (Å²) in [5, 5.41) is 11.7. The zero-order valence-electron chi connectivity index (χ0n) is 43.5. The van der Waals surface area contributed by atoms with E-state index in [1.54, 1.807) is 0 Å². The highest BCUT2D eigenvalue weighted by Crippen LogP contribution is 2.18. The molecule has 2 atom stereocenters. The fraction of sp³-hybridized carbons (Fsp3) is 0.946. The molecule has 0 saturated heterocycles. The summed E-state index contributed by atoms with van der Waals surface area (Å²) < 4.78 is 17.3. The Hall–Kier alpha value is -1.67. The Morgan fingerprint density at radius 2 is 0.688 bits per heavy atom. The van der Waals surface area contributed by atoms with E-state index in [0.717, 1.165) is 38.5 Å². The smallest absolute Gasteiger partial charge is 0.306 e. The number of aliphatic carboxylic acids is 1. The summed E-state index contributed by atoms with van der Waals surface area (Å²) in [7, 11) is 5.44. The summed E-state index contributed by atoms with van der Waals surface area (Å²) in [5.74, 6) is -1.70. The second-order valence-corrected chi connectivity index (χ2v) is 20.5. The van der Waals surface area contributed by atoms with Gasteiger partial charge >= 0.3 is 11.9 Å². The van der Waals surface area contributed by atoms with Crippen molar-refractivity contribution in [3.63, 3.8) is 0 Å². The molecular formula is C56H109NO7. The number of carbonyl (C=O) groups is 3. The van der Waals surface area contributed by atoms with Gasteiger partial charge in [-0.15, -0.1) is 0 Å². The van der Waals surface area contributed by atoms with Crippen LogP contribution < -0.4 is 5.11 Å². The highest BCUT2D eigenvalue weighted by atomic mass is 16.6. The van der Waals surface area contributed by atoms with Crippen LogP contribution in [0.15, 0.2) is 0 Å². The number of carbonyl (C=O) groups excluding carboxylic acids is 3. The Balaban J connectivity index is 4.13. The summed E-state index contributed by atoms with van der Waals surface area (Å²) in [5.41, 5.74) is 0. The van der Waals surface area contributed by atoms with Crippen molar-refractivity contribution >= 4 is 17.9 Å². The normalized spacial score (nSPS) is 12.7. The van der Waals surface area contributed by atoms with E-state index in [1.807, 2.05) is 21.1 Å². The predicted octanol–water partition coefficient (Wildman–Crippen LogP) is 15.1. The zero-order chi connectivity index (χ0) is 47.0. The Labute approximate surface area is 397 Å². The molecule has 0 bridgehead atoms. The molecule has 0 N–H and O–H groups in total. The maximum absolute atomic E-state index is 12.8. The van der Waals surface area contributed by atoms with Gasteiger partial charge in [-0.05, 0) is 12.8 Å². The van der Waals surface area contributed by atoms with Gasteiger partial charge in [-0.25, -0.2) is 0 Å². The average Bonchev–Trinajstić information content (AvgIpc) is 3.26. The molecule has 0 spiro atoms. The number of esters is 2. The third-order valence-electron chi connectivity index (χ3n) is 13.2. The van der Waals surface area contributed by atoms with E-state index in [9.17, 15) is 19.5 Å². The fourth-order valence-electron chi connectivity index (χ4n) is 8.90. The van der Waals surface area contributed by atoms with Crippen LogP contribution in [0.3, 0.4) is 0 Å². The maximum Gasteiger partial charge on any atom is 0.306 e. The van der Waals surface area contributed by atoms with Crippen molar-refractivity contribution in [2.45, 2.75) is 302 Å². The van der Waals surface area contributed by atoms with E-state index in [2.05, 4.69) is 13.8 Å². The quantitative estimate of drug-likeness (QED) is 0.0340. The van der Waals surface area contributed by atoms with Crippen LogP contribution in [0, 0.1) is 0 Å². The van der Waals surface area contributed by atoms with Gasteiger partial charge in [0.25, 0.3) is 0 Å². The van der Waals surface area contributed by atoms with E-state index in [4.69, 9.17) is 14.2 Å². The molecule has 0 rings (SSSR count). The molecule has 0 aromatic carbocycles. The van der Waals surface area contributed by atoms with E-state index in [0.29, 0.717) is 12.8 Å². The minimum Gasteiger partial charge on any atom is -0.544 e. The van der Waals surface area contributed by atoms with Gasteiger partial charge in [0, 0.05) is 19.3 Å². The van der Waals surface area contributed by atoms with Crippen LogP contribution in [0.4, 0.5) is 0 Å². The molecule has 0 aliphatic carbocycles. The standard InChI is InChI=1S/C56H109NO7/c1-6-8-10-12-14-16-18-20-22-24-26-27-29-31-33-35-37-39-41-43-45-47-55(59)64-52(50-62-49-48-53(56(60)61)57(3,4)5)51-63-54(58)46-44-42-40-38-36-34-32-30-28-25-23-21-19-17-15-13-11-9-7-2/h52-53H,6-51H2,1-5H3. The van der Waals surface area contributed by atoms with Crippen LogP contribution in [-0.4, -0.2) is 75.5 Å². The maximum atomic E-state index is 12.8. The average molecular weight is 908 g/mol. The predicted molar refractivity (Wildman–Crippen MR) is 268 cm³/mol. The number of likely N-dealkylation sites (N-methyl/N-ethyl adjacent to an activating group) is 1. The summed E-state index contributed by atoms with van der Waals surface area (Å²) in [6.45, 7) is 4.74. The first-order chi connectivity index (χ1) is 31.1. The Bertz CT molecular complexity index is 1010. The van der Waals surface area contributed by atoms with E-state index in [1.165, 1.54) is 218 Å². The summed E-state index contributed by atoms with van der Waals surface area (Å²) >= 11 is 0. The van der Waals surface area contributed by atoms with Gasteiger partial charge in [0.15, 0.2) is 6.10 Å². The highest BCUT2D eigenvalue weighted by molar-refractivity contribution is 5.70. The first-order valence-corrected chi connectivity index (χ1v) is 28.1. The summed E-state index contributed by atoms with van der Waals surface area (Å²) in [6, 6.07) is -0.720. The summed E-state index contributed by atoms with van der Waals surface area (Å²) in [6.07, 6.45) is 52.8. The molecule has 0 radical (unpaired) electrons. The molecule has 0 amide bonds. The number of carboxylic acid groups (broad SMARTS) is 1. The van der Waals surface area contributed by atoms with Gasteiger partial charge in [0.1, 0.15) is 12.6 Å². The molecule has 0 saturated carbocycles. The molecule has 64 heavy (non-hydrogen) atoms. The lowest BCUT2D eigenvalue weighted by Crippen LogP contribution is -2.55. The number of rotatable bonds is 52. The van der Waals surface area contributed by atoms with E-state index in [-0.39, 0.29) is 42.7 Å². The zero-order valence-corrected chi connectivity index (χ0v) is 43.5. The van der Waals surface area contributed by atoms with Crippen molar-refractivity contribution in [3.05, 3.63) is 0 Å². The van der Waals surface area contributed by atoms with Crippen LogP contribution in [0.1, 0.15) is 290 Å². The van der Waals surface area contributed by atoms with Crippen molar-refractivity contribution in [2.24, 2.45) is 0 Å². The van der Waals surface area contributed by atoms with Crippen LogP contribution in [-0.2, 0) is 28.6 Å². The number of carboxylic acids is 1. The van der Waals surface area contributed by atoms with Gasteiger partial charge in [0.05, 0.1) is 40.3 Å². The second kappa shape index (κ2) is 47.8. The Morgan fingerprint density at radius 3 is 0.969 bits per heavy atom. The van der Waals surface area contributed by atoms with Gasteiger partial charge < -0.3 is 28.6 Å². The van der Waals surface area contributed by atoms with E-state index >= 15 is 0 Å². The van der Waals surface area contributed by atoms with Crippen molar-refractivity contribution in [1.82, 2.24) is 0 Å². The van der Waals surface area contributed by atoms with Gasteiger partial charge in [-0.1, -0.05) is 258 Å². The molecule has 0 aliphatic rings. The Kier molecular flexibility index (Phi) is 46.6. The highest BCUT2D eigenvalue weighted by Gasteiger charge is 2.25. The van der Waals surface area contributed by atoms with Crippen LogP contribution in [0.5, 0.6) is 0 Å².